The molecule has 1 saturated heterocycles. The highest BCUT2D eigenvalue weighted by Crippen LogP contribution is 2.40. The number of carbonyl (C=O) groups excluding carboxylic acids is 1. The highest BCUT2D eigenvalue weighted by molar-refractivity contribution is 5.65. The molecule has 10 heteroatoms. The van der Waals surface area contributed by atoms with Crippen molar-refractivity contribution in [1.82, 2.24) is 14.6 Å². The fourth-order valence-electron chi connectivity index (χ4n) is 3.06. The smallest absolute Gasteiger partial charge is 0.431 e. The molecule has 4 atom stereocenters. The van der Waals surface area contributed by atoms with E-state index in [9.17, 15) is 15.0 Å². The third kappa shape index (κ3) is 2.85. The van der Waals surface area contributed by atoms with E-state index in [0.717, 1.165) is 12.8 Å². The van der Waals surface area contributed by atoms with Gasteiger partial charge in [-0.25, -0.2) is 14.3 Å². The van der Waals surface area contributed by atoms with Gasteiger partial charge in [0.25, 0.3) is 0 Å². The van der Waals surface area contributed by atoms with Gasteiger partial charge in [0.2, 0.25) is 0 Å². The average molecular weight is 364 g/mol. The summed E-state index contributed by atoms with van der Waals surface area (Å²) in [4.78, 5) is 15.5. The van der Waals surface area contributed by atoms with Crippen LogP contribution in [0.15, 0.2) is 18.5 Å². The average Bonchev–Trinajstić information content (AvgIpc) is 3.27. The quantitative estimate of drug-likeness (QED) is 0.648. The van der Waals surface area contributed by atoms with E-state index in [1.54, 1.807) is 19.1 Å². The lowest BCUT2D eigenvalue weighted by Crippen LogP contribution is -2.44. The Kier molecular flexibility index (Phi) is 3.98. The van der Waals surface area contributed by atoms with Crippen LogP contribution < -0.4 is 5.73 Å². The molecule has 0 spiro atoms. The fourth-order valence-corrected chi connectivity index (χ4v) is 3.06. The molecule has 3 heterocycles. The van der Waals surface area contributed by atoms with Crippen molar-refractivity contribution in [3.63, 3.8) is 0 Å². The second-order valence-corrected chi connectivity index (χ2v) is 6.84. The van der Waals surface area contributed by atoms with Gasteiger partial charge in [-0.1, -0.05) is 0 Å². The molecule has 0 bridgehead atoms. The zero-order chi connectivity index (χ0) is 18.5. The molecule has 2 aromatic rings. The van der Waals surface area contributed by atoms with Gasteiger partial charge >= 0.3 is 6.16 Å². The summed E-state index contributed by atoms with van der Waals surface area (Å²) in [6.07, 6.45) is -1.33. The van der Waals surface area contributed by atoms with Gasteiger partial charge in [0, 0.05) is 0 Å². The predicted molar refractivity (Wildman–Crippen MR) is 87.1 cm³/mol. The first kappa shape index (κ1) is 17.0. The number of fused-ring (bicyclic) bond motifs is 1. The molecule has 1 aliphatic carbocycles. The van der Waals surface area contributed by atoms with Crippen LogP contribution in [0.4, 0.5) is 10.6 Å². The molecule has 0 amide bonds. The van der Waals surface area contributed by atoms with E-state index in [1.165, 1.54) is 10.8 Å². The van der Waals surface area contributed by atoms with E-state index in [1.807, 2.05) is 0 Å². The summed E-state index contributed by atoms with van der Waals surface area (Å²) in [5.41, 5.74) is 5.58. The Labute approximate surface area is 148 Å². The number of rotatable bonds is 4. The molecule has 1 aliphatic heterocycles. The number of hydrogen-bond donors (Lipinski definition) is 3. The van der Waals surface area contributed by atoms with Crippen molar-refractivity contribution in [2.45, 2.75) is 49.8 Å². The topological polar surface area (TPSA) is 141 Å². The van der Waals surface area contributed by atoms with Gasteiger partial charge in [-0.2, -0.15) is 5.10 Å². The molecule has 26 heavy (non-hydrogen) atoms. The monoisotopic (exact) mass is 364 g/mol. The van der Waals surface area contributed by atoms with E-state index >= 15 is 0 Å². The number of hydrogen-bond acceptors (Lipinski definition) is 9. The standard InChI is InChI=1S/C16H20N4O6/c1-16(6-24-15(23)25-8-2-3-8)13(22)11(21)12(26-16)9-4-5-10-14(17)18-7-19-20(9)10/h4-5,7-8,11-13,21-22H,2-3,6H2,1H3,(H2,17,18,19)/t11-,12-,13-,16+/m0/s1. The Bertz CT molecular complexity index is 837. The molecule has 4 N–H and O–H groups in total. The van der Waals surface area contributed by atoms with E-state index in [-0.39, 0.29) is 18.5 Å². The largest absolute Gasteiger partial charge is 0.508 e. The van der Waals surface area contributed by atoms with Gasteiger partial charge in [-0.05, 0) is 31.9 Å². The van der Waals surface area contributed by atoms with Crippen molar-refractivity contribution in [2.24, 2.45) is 0 Å². The summed E-state index contributed by atoms with van der Waals surface area (Å²) < 4.78 is 17.4. The number of nitrogens with two attached hydrogens (primary N) is 1. The van der Waals surface area contributed by atoms with Crippen LogP contribution in [0, 0.1) is 0 Å². The maximum atomic E-state index is 11.6. The summed E-state index contributed by atoms with van der Waals surface area (Å²) in [6, 6.07) is 3.39. The second kappa shape index (κ2) is 6.08. The number of nitrogen functional groups attached to an aromatic ring is 1. The Balaban J connectivity index is 1.52. The van der Waals surface area contributed by atoms with E-state index in [0.29, 0.717) is 11.2 Å². The van der Waals surface area contributed by atoms with Crippen LogP contribution in [0.1, 0.15) is 31.6 Å². The summed E-state index contributed by atoms with van der Waals surface area (Å²) in [5.74, 6) is 0.285. The highest BCUT2D eigenvalue weighted by atomic mass is 16.7. The van der Waals surface area contributed by atoms with Crippen molar-refractivity contribution in [3.8, 4) is 0 Å². The Morgan fingerprint density at radius 2 is 2.23 bits per heavy atom. The normalized spacial score (nSPS) is 31.3. The molecule has 0 radical (unpaired) electrons. The minimum Gasteiger partial charge on any atom is -0.431 e. The lowest BCUT2D eigenvalue weighted by molar-refractivity contribution is -0.109. The zero-order valence-electron chi connectivity index (χ0n) is 14.1. The molecular formula is C16H20N4O6. The van der Waals surface area contributed by atoms with Crippen LogP contribution in [0.5, 0.6) is 0 Å². The Morgan fingerprint density at radius 1 is 1.46 bits per heavy atom. The molecule has 4 rings (SSSR count). The number of ether oxygens (including phenoxy) is 3. The van der Waals surface area contributed by atoms with Crippen molar-refractivity contribution in [1.29, 1.82) is 0 Å². The van der Waals surface area contributed by atoms with Gasteiger partial charge in [0.1, 0.15) is 48.5 Å². The Morgan fingerprint density at radius 3 is 2.96 bits per heavy atom. The lowest BCUT2D eigenvalue weighted by Gasteiger charge is -2.26. The minimum absolute atomic E-state index is 0.0831. The number of aromatic nitrogens is 3. The van der Waals surface area contributed by atoms with E-state index in [2.05, 4.69) is 10.1 Å². The first-order valence-electron chi connectivity index (χ1n) is 8.34. The molecule has 1 saturated carbocycles. The molecule has 0 aromatic carbocycles. The molecule has 2 aliphatic rings. The van der Waals surface area contributed by atoms with Crippen LogP contribution in [0.2, 0.25) is 0 Å². The number of carbonyl (C=O) groups is 1. The number of aliphatic hydroxyl groups excluding tert-OH is 2. The summed E-state index contributed by atoms with van der Waals surface area (Å²) in [6.45, 7) is 1.30. The maximum Gasteiger partial charge on any atom is 0.508 e. The molecule has 0 unspecified atom stereocenters. The third-order valence-corrected chi connectivity index (χ3v) is 4.72. The van der Waals surface area contributed by atoms with E-state index in [4.69, 9.17) is 19.9 Å². The summed E-state index contributed by atoms with van der Waals surface area (Å²) in [5, 5.41) is 25.0. The van der Waals surface area contributed by atoms with Crippen LogP contribution in [-0.2, 0) is 14.2 Å². The lowest BCUT2D eigenvalue weighted by atomic mass is 9.97. The predicted octanol–water partition coefficient (Wildman–Crippen LogP) is 0.179. The zero-order valence-corrected chi connectivity index (χ0v) is 14.1. The van der Waals surface area contributed by atoms with Crippen molar-refractivity contribution >= 4 is 17.5 Å². The van der Waals surface area contributed by atoms with Crippen molar-refractivity contribution < 1.29 is 29.2 Å². The van der Waals surface area contributed by atoms with Gasteiger partial charge < -0.3 is 30.2 Å². The first-order valence-corrected chi connectivity index (χ1v) is 8.34. The van der Waals surface area contributed by atoms with Gasteiger partial charge in [0.15, 0.2) is 5.82 Å². The van der Waals surface area contributed by atoms with Gasteiger partial charge in [-0.3, -0.25) is 0 Å². The van der Waals surface area contributed by atoms with Crippen LogP contribution in [-0.4, -0.2) is 61.5 Å². The van der Waals surface area contributed by atoms with E-state index < -0.39 is 30.1 Å². The maximum absolute atomic E-state index is 11.6. The third-order valence-electron chi connectivity index (χ3n) is 4.72. The number of aliphatic hydroxyl groups is 2. The van der Waals surface area contributed by atoms with Crippen LogP contribution in [0.25, 0.3) is 5.52 Å². The van der Waals surface area contributed by atoms with Gasteiger partial charge in [0.05, 0.1) is 5.69 Å². The second-order valence-electron chi connectivity index (χ2n) is 6.84. The van der Waals surface area contributed by atoms with Crippen molar-refractivity contribution in [2.75, 3.05) is 12.3 Å². The van der Waals surface area contributed by atoms with Crippen LogP contribution in [0.3, 0.4) is 0 Å². The molecule has 2 fully saturated rings. The number of anilines is 1. The van der Waals surface area contributed by atoms with Crippen molar-refractivity contribution in [3.05, 3.63) is 24.2 Å². The van der Waals surface area contributed by atoms with Crippen LogP contribution >= 0.6 is 0 Å². The Hall–Kier alpha value is -2.43. The minimum atomic E-state index is -1.30. The fraction of sp³-hybridized carbons (Fsp3) is 0.562. The molecular weight excluding hydrogens is 344 g/mol. The number of nitrogens with zero attached hydrogens (tertiary/aromatic N) is 3. The molecule has 140 valence electrons. The molecule has 2 aromatic heterocycles. The summed E-state index contributed by atoms with van der Waals surface area (Å²) >= 11 is 0. The van der Waals surface area contributed by atoms with Gasteiger partial charge in [-0.15, -0.1) is 0 Å². The summed E-state index contributed by atoms with van der Waals surface area (Å²) in [7, 11) is 0. The SMILES string of the molecule is C[C@]1(COC(=O)OC2CC2)O[C@@H](c2ccc3c(N)ncnn23)[C@H](O)[C@@H]1O. The first-order chi connectivity index (χ1) is 12.4. The molecule has 10 nitrogen and oxygen atoms in total. The highest BCUT2D eigenvalue weighted by Gasteiger charge is 2.53.